The average molecular weight is 432 g/mol. The fraction of sp³-hybridized carbons (Fsp3) is 0.217. The van der Waals surface area contributed by atoms with E-state index in [1.165, 1.54) is 24.3 Å². The van der Waals surface area contributed by atoms with Gasteiger partial charge in [0.2, 0.25) is 5.95 Å². The quantitative estimate of drug-likeness (QED) is 0.421. The smallest absolute Gasteiger partial charge is 0.237 e. The van der Waals surface area contributed by atoms with Gasteiger partial charge >= 0.3 is 0 Å². The molecule has 1 saturated heterocycles. The van der Waals surface area contributed by atoms with Crippen molar-refractivity contribution in [2.45, 2.75) is 18.9 Å². The lowest BCUT2D eigenvalue weighted by molar-refractivity contribution is 0.0708. The summed E-state index contributed by atoms with van der Waals surface area (Å²) < 4.78 is 37.1. The van der Waals surface area contributed by atoms with Gasteiger partial charge in [0.15, 0.2) is 5.65 Å². The maximum Gasteiger partial charge on any atom is 0.237 e. The number of hydrogen-bond acceptors (Lipinski definition) is 5. The summed E-state index contributed by atoms with van der Waals surface area (Å²) in [5, 5.41) is 0. The van der Waals surface area contributed by atoms with Gasteiger partial charge in [-0.2, -0.15) is 4.98 Å². The Morgan fingerprint density at radius 1 is 0.906 bits per heavy atom. The third-order valence-corrected chi connectivity index (χ3v) is 5.78. The molecular weight excluding hydrogens is 414 g/mol. The Labute approximate surface area is 181 Å². The largest absolute Gasteiger partial charge is 0.381 e. The molecule has 1 fully saturated rings. The monoisotopic (exact) mass is 432 g/mol. The van der Waals surface area contributed by atoms with Gasteiger partial charge in [0.05, 0.1) is 17.2 Å². The molecule has 2 aromatic carbocycles. The van der Waals surface area contributed by atoms with Crippen LogP contribution in [0.15, 0.2) is 55.0 Å². The highest BCUT2D eigenvalue weighted by Gasteiger charge is 2.24. The van der Waals surface area contributed by atoms with E-state index in [0.717, 1.165) is 12.8 Å². The SMILES string of the molecule is Fc1cccc(-c2nc3cnc(-n4cnc5ccc(F)cc54)nc3n2C2CCOCC2)c1. The van der Waals surface area contributed by atoms with Crippen molar-refractivity contribution < 1.29 is 13.5 Å². The normalized spacial score (nSPS) is 15.1. The van der Waals surface area contributed by atoms with Gasteiger partial charge in [-0.15, -0.1) is 0 Å². The van der Waals surface area contributed by atoms with Crippen LogP contribution < -0.4 is 0 Å². The first kappa shape index (κ1) is 19.0. The minimum absolute atomic E-state index is 0.103. The molecule has 0 N–H and O–H groups in total. The van der Waals surface area contributed by atoms with Gasteiger partial charge < -0.3 is 9.30 Å². The Kier molecular flexibility index (Phi) is 4.43. The predicted octanol–water partition coefficient (Wildman–Crippen LogP) is 4.46. The lowest BCUT2D eigenvalue weighted by Gasteiger charge is -2.25. The molecule has 7 nitrogen and oxygen atoms in total. The van der Waals surface area contributed by atoms with Crippen molar-refractivity contribution in [2.24, 2.45) is 0 Å². The van der Waals surface area contributed by atoms with Gasteiger partial charge in [-0.1, -0.05) is 12.1 Å². The number of nitrogens with zero attached hydrogens (tertiary/aromatic N) is 6. The van der Waals surface area contributed by atoms with E-state index in [9.17, 15) is 8.78 Å². The topological polar surface area (TPSA) is 70.7 Å². The second-order valence-corrected chi connectivity index (χ2v) is 7.79. The summed E-state index contributed by atoms with van der Waals surface area (Å²) in [6.07, 6.45) is 4.81. The Bertz CT molecular complexity index is 1450. The lowest BCUT2D eigenvalue weighted by Crippen LogP contribution is -2.20. The highest BCUT2D eigenvalue weighted by Crippen LogP contribution is 2.32. The highest BCUT2D eigenvalue weighted by molar-refractivity contribution is 5.79. The fourth-order valence-corrected chi connectivity index (χ4v) is 4.26. The van der Waals surface area contributed by atoms with Crippen LogP contribution in [0.3, 0.4) is 0 Å². The molecule has 1 aliphatic rings. The number of fused-ring (bicyclic) bond motifs is 2. The van der Waals surface area contributed by atoms with E-state index in [1.54, 1.807) is 29.2 Å². The molecule has 5 aromatic rings. The van der Waals surface area contributed by atoms with Crippen LogP contribution in [0.5, 0.6) is 0 Å². The Morgan fingerprint density at radius 3 is 2.59 bits per heavy atom. The maximum absolute atomic E-state index is 14.0. The molecule has 0 radical (unpaired) electrons. The van der Waals surface area contributed by atoms with Crippen molar-refractivity contribution >= 4 is 22.2 Å². The molecule has 0 bridgehead atoms. The summed E-state index contributed by atoms with van der Waals surface area (Å²) in [5.74, 6) is 0.316. The minimum atomic E-state index is -0.360. The molecule has 0 saturated carbocycles. The van der Waals surface area contributed by atoms with Crippen LogP contribution in [0, 0.1) is 11.6 Å². The van der Waals surface area contributed by atoms with Gasteiger partial charge in [0, 0.05) is 30.9 Å². The zero-order chi connectivity index (χ0) is 21.7. The Hall–Kier alpha value is -3.72. The van der Waals surface area contributed by atoms with Crippen molar-refractivity contribution in [1.82, 2.24) is 29.1 Å². The van der Waals surface area contributed by atoms with Crippen molar-refractivity contribution in [3.63, 3.8) is 0 Å². The molecular formula is C23H18F2N6O. The highest BCUT2D eigenvalue weighted by atomic mass is 19.1. The van der Waals surface area contributed by atoms with Gasteiger partial charge in [0.25, 0.3) is 0 Å². The first-order valence-corrected chi connectivity index (χ1v) is 10.4. The minimum Gasteiger partial charge on any atom is -0.381 e. The average Bonchev–Trinajstić information content (AvgIpc) is 3.40. The Balaban J connectivity index is 1.57. The van der Waals surface area contributed by atoms with E-state index in [1.807, 2.05) is 6.07 Å². The lowest BCUT2D eigenvalue weighted by atomic mass is 10.1. The first-order valence-electron chi connectivity index (χ1n) is 10.4. The van der Waals surface area contributed by atoms with Crippen LogP contribution in [0.25, 0.3) is 39.5 Å². The number of benzene rings is 2. The molecule has 4 heterocycles. The van der Waals surface area contributed by atoms with Crippen LogP contribution in [-0.2, 0) is 4.74 Å². The summed E-state index contributed by atoms with van der Waals surface area (Å²) in [7, 11) is 0. The molecule has 0 aliphatic carbocycles. The maximum atomic E-state index is 14.0. The fourth-order valence-electron chi connectivity index (χ4n) is 4.26. The number of imidazole rings is 2. The molecule has 32 heavy (non-hydrogen) atoms. The van der Waals surface area contributed by atoms with Gasteiger partial charge in [-0.3, -0.25) is 4.57 Å². The predicted molar refractivity (Wildman–Crippen MR) is 114 cm³/mol. The molecule has 0 unspecified atom stereocenters. The number of aromatic nitrogens is 6. The number of hydrogen-bond donors (Lipinski definition) is 0. The van der Waals surface area contributed by atoms with Gasteiger partial charge in [-0.05, 0) is 37.1 Å². The van der Waals surface area contributed by atoms with Gasteiger partial charge in [0.1, 0.15) is 29.3 Å². The second-order valence-electron chi connectivity index (χ2n) is 7.79. The number of ether oxygens (including phenoxy) is 1. The molecule has 6 rings (SSSR count). The molecule has 9 heteroatoms. The van der Waals surface area contributed by atoms with Crippen LogP contribution in [0.4, 0.5) is 8.78 Å². The number of rotatable bonds is 3. The third-order valence-electron chi connectivity index (χ3n) is 5.78. The Morgan fingerprint density at radius 2 is 1.75 bits per heavy atom. The van der Waals surface area contributed by atoms with E-state index < -0.39 is 0 Å². The number of halogens is 2. The molecule has 0 atom stereocenters. The summed E-state index contributed by atoms with van der Waals surface area (Å²) in [6, 6.07) is 10.9. The van der Waals surface area contributed by atoms with Crippen molar-refractivity contribution in [3.8, 4) is 17.3 Å². The van der Waals surface area contributed by atoms with Crippen LogP contribution >= 0.6 is 0 Å². The van der Waals surface area contributed by atoms with Crippen molar-refractivity contribution in [1.29, 1.82) is 0 Å². The molecule has 160 valence electrons. The molecule has 1 aliphatic heterocycles. The van der Waals surface area contributed by atoms with Gasteiger partial charge in [-0.25, -0.2) is 23.7 Å². The van der Waals surface area contributed by atoms with E-state index in [2.05, 4.69) is 14.5 Å². The first-order chi connectivity index (χ1) is 15.7. The zero-order valence-electron chi connectivity index (χ0n) is 16.9. The van der Waals surface area contributed by atoms with E-state index in [0.29, 0.717) is 52.7 Å². The molecule has 3 aromatic heterocycles. The van der Waals surface area contributed by atoms with Crippen LogP contribution in [-0.4, -0.2) is 42.3 Å². The van der Waals surface area contributed by atoms with Crippen LogP contribution in [0.2, 0.25) is 0 Å². The van der Waals surface area contributed by atoms with Crippen molar-refractivity contribution in [3.05, 3.63) is 66.6 Å². The summed E-state index contributed by atoms with van der Waals surface area (Å²) in [6.45, 7) is 1.27. The molecule has 0 spiro atoms. The second kappa shape index (κ2) is 7.45. The van der Waals surface area contributed by atoms with E-state index in [-0.39, 0.29) is 17.7 Å². The summed E-state index contributed by atoms with van der Waals surface area (Å²) >= 11 is 0. The van der Waals surface area contributed by atoms with Crippen LogP contribution in [0.1, 0.15) is 18.9 Å². The zero-order valence-corrected chi connectivity index (χ0v) is 16.9. The van der Waals surface area contributed by atoms with E-state index >= 15 is 0 Å². The van der Waals surface area contributed by atoms with E-state index in [4.69, 9.17) is 14.7 Å². The van der Waals surface area contributed by atoms with Crippen molar-refractivity contribution in [2.75, 3.05) is 13.2 Å². The molecule has 0 amide bonds. The third kappa shape index (κ3) is 3.13. The summed E-state index contributed by atoms with van der Waals surface area (Å²) in [5.41, 5.74) is 3.14. The summed E-state index contributed by atoms with van der Waals surface area (Å²) in [4.78, 5) is 18.3. The standard InChI is InChI=1S/C23H18F2N6O/c24-15-3-1-2-14(10-15)21-28-19-12-26-23(29-22(19)31(21)17-6-8-32-9-7-17)30-13-27-18-5-4-16(25)11-20(18)30/h1-5,10-13,17H,6-9H2.